The molecule has 27 heavy (non-hydrogen) atoms. The van der Waals surface area contributed by atoms with Crippen molar-refractivity contribution >= 4 is 17.7 Å². The van der Waals surface area contributed by atoms with E-state index in [4.69, 9.17) is 4.74 Å². The Morgan fingerprint density at radius 1 is 1.30 bits per heavy atom. The molecule has 0 aliphatic carbocycles. The SMILES string of the molecule is CC(C)CC(NC(=O)CSc1nnnn1C1CCOCC1)c1ccccc1. The maximum absolute atomic E-state index is 12.6. The van der Waals surface area contributed by atoms with E-state index in [1.807, 2.05) is 22.9 Å². The number of nitrogens with one attached hydrogen (secondary N) is 1. The van der Waals surface area contributed by atoms with Crippen LogP contribution in [0, 0.1) is 5.92 Å². The van der Waals surface area contributed by atoms with Crippen molar-refractivity contribution in [1.82, 2.24) is 25.5 Å². The van der Waals surface area contributed by atoms with Crippen LogP contribution in [0.5, 0.6) is 0 Å². The molecule has 1 amide bonds. The summed E-state index contributed by atoms with van der Waals surface area (Å²) < 4.78 is 7.24. The van der Waals surface area contributed by atoms with Gasteiger partial charge >= 0.3 is 0 Å². The highest BCUT2D eigenvalue weighted by Crippen LogP contribution is 2.25. The van der Waals surface area contributed by atoms with E-state index in [0.29, 0.717) is 16.8 Å². The lowest BCUT2D eigenvalue weighted by Crippen LogP contribution is -2.31. The van der Waals surface area contributed by atoms with E-state index in [1.165, 1.54) is 11.8 Å². The third-order valence-corrected chi connectivity index (χ3v) is 5.51. The molecule has 1 unspecified atom stereocenters. The minimum atomic E-state index is -0.00368. The second-order valence-corrected chi connectivity index (χ2v) is 8.14. The zero-order valence-electron chi connectivity index (χ0n) is 15.9. The molecular weight excluding hydrogens is 362 g/mol. The molecule has 1 atom stereocenters. The third kappa shape index (κ3) is 5.77. The monoisotopic (exact) mass is 389 g/mol. The van der Waals surface area contributed by atoms with Crippen molar-refractivity contribution in [3.05, 3.63) is 35.9 Å². The van der Waals surface area contributed by atoms with Crippen molar-refractivity contribution < 1.29 is 9.53 Å². The van der Waals surface area contributed by atoms with Gasteiger partial charge in [0.1, 0.15) is 0 Å². The van der Waals surface area contributed by atoms with Crippen LogP contribution in [0.4, 0.5) is 0 Å². The number of hydrogen-bond acceptors (Lipinski definition) is 6. The highest BCUT2D eigenvalue weighted by molar-refractivity contribution is 7.99. The number of aromatic nitrogens is 4. The average molecular weight is 390 g/mol. The van der Waals surface area contributed by atoms with E-state index in [0.717, 1.165) is 38.0 Å². The van der Waals surface area contributed by atoms with Crippen LogP contribution in [0.25, 0.3) is 0 Å². The molecule has 0 bridgehead atoms. The fourth-order valence-corrected chi connectivity index (χ4v) is 4.00. The van der Waals surface area contributed by atoms with Crippen molar-refractivity contribution in [1.29, 1.82) is 0 Å². The largest absolute Gasteiger partial charge is 0.381 e. The lowest BCUT2D eigenvalue weighted by molar-refractivity contribution is -0.119. The Labute approximate surface area is 164 Å². The van der Waals surface area contributed by atoms with Gasteiger partial charge in [-0.1, -0.05) is 55.9 Å². The van der Waals surface area contributed by atoms with Gasteiger partial charge in [0.2, 0.25) is 11.1 Å². The lowest BCUT2D eigenvalue weighted by Gasteiger charge is -2.23. The molecule has 1 aromatic heterocycles. The molecular formula is C19H27N5O2S. The number of thioether (sulfide) groups is 1. The summed E-state index contributed by atoms with van der Waals surface area (Å²) in [7, 11) is 0. The summed E-state index contributed by atoms with van der Waals surface area (Å²) in [6.07, 6.45) is 2.70. The van der Waals surface area contributed by atoms with E-state index in [9.17, 15) is 4.79 Å². The Hall–Kier alpha value is -1.93. The number of hydrogen-bond donors (Lipinski definition) is 1. The van der Waals surface area contributed by atoms with E-state index in [1.54, 1.807) is 0 Å². The predicted octanol–water partition coefficient (Wildman–Crippen LogP) is 3.02. The second kappa shape index (κ2) is 9.85. The number of carbonyl (C=O) groups excluding carboxylic acids is 1. The van der Waals surface area contributed by atoms with Crippen LogP contribution in [-0.2, 0) is 9.53 Å². The van der Waals surface area contributed by atoms with Gasteiger partial charge in [0.15, 0.2) is 0 Å². The van der Waals surface area contributed by atoms with Crippen LogP contribution in [0.3, 0.4) is 0 Å². The van der Waals surface area contributed by atoms with Crippen molar-refractivity contribution in [3.8, 4) is 0 Å². The van der Waals surface area contributed by atoms with E-state index in [2.05, 4.69) is 46.8 Å². The van der Waals surface area contributed by atoms with Gasteiger partial charge in [0.05, 0.1) is 17.8 Å². The molecule has 3 rings (SSSR count). The Balaban J connectivity index is 1.58. The summed E-state index contributed by atoms with van der Waals surface area (Å²) in [5.41, 5.74) is 1.14. The molecule has 0 spiro atoms. The van der Waals surface area contributed by atoms with Crippen LogP contribution in [0.15, 0.2) is 35.5 Å². The number of tetrazole rings is 1. The standard InChI is InChI=1S/C19H27N5O2S/c1-14(2)12-17(15-6-4-3-5-7-15)20-18(25)13-27-19-21-22-23-24(19)16-8-10-26-11-9-16/h3-7,14,16-17H,8-13H2,1-2H3,(H,20,25). The van der Waals surface area contributed by atoms with E-state index in [-0.39, 0.29) is 18.0 Å². The van der Waals surface area contributed by atoms with Crippen molar-refractivity contribution in [2.24, 2.45) is 5.92 Å². The van der Waals surface area contributed by atoms with Gasteiger partial charge in [-0.2, -0.15) is 0 Å². The fourth-order valence-electron chi connectivity index (χ4n) is 3.24. The van der Waals surface area contributed by atoms with Crippen LogP contribution in [-0.4, -0.2) is 45.1 Å². The summed E-state index contributed by atoms with van der Waals surface area (Å²) >= 11 is 1.39. The second-order valence-electron chi connectivity index (χ2n) is 7.20. The van der Waals surface area contributed by atoms with Crippen LogP contribution in [0.2, 0.25) is 0 Å². The molecule has 1 fully saturated rings. The summed E-state index contributed by atoms with van der Waals surface area (Å²) in [5.74, 6) is 0.783. The van der Waals surface area contributed by atoms with E-state index < -0.39 is 0 Å². The van der Waals surface area contributed by atoms with E-state index >= 15 is 0 Å². The summed E-state index contributed by atoms with van der Waals surface area (Å²) in [4.78, 5) is 12.6. The number of rotatable bonds is 8. The Morgan fingerprint density at radius 3 is 2.74 bits per heavy atom. The van der Waals surface area contributed by atoms with Crippen molar-refractivity contribution in [2.75, 3.05) is 19.0 Å². The minimum Gasteiger partial charge on any atom is -0.381 e. The normalized spacial score (nSPS) is 16.4. The van der Waals surface area contributed by atoms with Crippen LogP contribution < -0.4 is 5.32 Å². The first-order chi connectivity index (χ1) is 13.1. The maximum atomic E-state index is 12.6. The molecule has 146 valence electrons. The van der Waals surface area contributed by atoms with Gasteiger partial charge in [-0.3, -0.25) is 4.79 Å². The first-order valence-corrected chi connectivity index (χ1v) is 10.4. The molecule has 0 saturated carbocycles. The van der Waals surface area contributed by atoms with Crippen molar-refractivity contribution in [2.45, 2.75) is 50.4 Å². The highest BCUT2D eigenvalue weighted by atomic mass is 32.2. The quantitative estimate of drug-likeness (QED) is 0.699. The summed E-state index contributed by atoms with van der Waals surface area (Å²) in [6, 6.07) is 10.4. The number of amides is 1. The molecule has 7 nitrogen and oxygen atoms in total. The van der Waals surface area contributed by atoms with Gasteiger partial charge in [-0.05, 0) is 41.2 Å². The average Bonchev–Trinajstić information content (AvgIpc) is 3.15. The maximum Gasteiger partial charge on any atom is 0.230 e. The summed E-state index contributed by atoms with van der Waals surface area (Å²) in [5, 5.41) is 15.9. The predicted molar refractivity (Wildman–Crippen MR) is 104 cm³/mol. The smallest absolute Gasteiger partial charge is 0.230 e. The Kier molecular flexibility index (Phi) is 7.23. The first-order valence-electron chi connectivity index (χ1n) is 9.46. The van der Waals surface area contributed by atoms with Crippen LogP contribution >= 0.6 is 11.8 Å². The minimum absolute atomic E-state index is 0.00368. The molecule has 1 N–H and O–H groups in total. The van der Waals surface area contributed by atoms with Crippen LogP contribution in [0.1, 0.15) is 50.8 Å². The topological polar surface area (TPSA) is 81.9 Å². The summed E-state index contributed by atoms with van der Waals surface area (Å²) in [6.45, 7) is 5.78. The Morgan fingerprint density at radius 2 is 2.04 bits per heavy atom. The van der Waals surface area contributed by atoms with Crippen molar-refractivity contribution in [3.63, 3.8) is 0 Å². The van der Waals surface area contributed by atoms with Gasteiger partial charge in [0, 0.05) is 13.2 Å². The molecule has 8 heteroatoms. The zero-order valence-corrected chi connectivity index (χ0v) is 16.7. The number of nitrogens with zero attached hydrogens (tertiary/aromatic N) is 4. The Bertz CT molecular complexity index is 716. The third-order valence-electron chi connectivity index (χ3n) is 4.58. The van der Waals surface area contributed by atoms with Gasteiger partial charge < -0.3 is 10.1 Å². The van der Waals surface area contributed by atoms with Gasteiger partial charge in [0.25, 0.3) is 0 Å². The molecule has 2 heterocycles. The lowest BCUT2D eigenvalue weighted by atomic mass is 9.97. The molecule has 1 saturated heterocycles. The molecule has 0 radical (unpaired) electrons. The number of benzene rings is 1. The molecule has 1 aliphatic heterocycles. The molecule has 1 aliphatic rings. The van der Waals surface area contributed by atoms with Gasteiger partial charge in [-0.25, -0.2) is 4.68 Å². The first kappa shape index (κ1) is 19.8. The number of carbonyl (C=O) groups is 1. The fraction of sp³-hybridized carbons (Fsp3) is 0.579. The highest BCUT2D eigenvalue weighted by Gasteiger charge is 2.22. The van der Waals surface area contributed by atoms with Gasteiger partial charge in [-0.15, -0.1) is 5.10 Å². The number of ether oxygens (including phenoxy) is 1. The molecule has 2 aromatic rings. The molecule has 1 aromatic carbocycles. The zero-order chi connectivity index (χ0) is 19.1.